The molecule has 0 spiro atoms. The van der Waals surface area contributed by atoms with E-state index in [0.717, 1.165) is 11.1 Å². The Balaban J connectivity index is 1.72. The van der Waals surface area contributed by atoms with Gasteiger partial charge in [0.05, 0.1) is 5.69 Å². The minimum Gasteiger partial charge on any atom is -0.482 e. The van der Waals surface area contributed by atoms with Crippen LogP contribution in [0.2, 0.25) is 5.02 Å². The van der Waals surface area contributed by atoms with E-state index in [4.69, 9.17) is 20.9 Å². The van der Waals surface area contributed by atoms with E-state index in [1.54, 1.807) is 17.0 Å². The van der Waals surface area contributed by atoms with Gasteiger partial charge in [-0.05, 0) is 43.3 Å². The quantitative estimate of drug-likeness (QED) is 0.714. The van der Waals surface area contributed by atoms with Crippen molar-refractivity contribution < 1.29 is 14.1 Å². The highest BCUT2D eigenvalue weighted by Gasteiger charge is 2.25. The van der Waals surface area contributed by atoms with Gasteiger partial charge in [-0.15, -0.1) is 0 Å². The van der Waals surface area contributed by atoms with Crippen molar-refractivity contribution in [3.05, 3.63) is 47.5 Å². The van der Waals surface area contributed by atoms with Crippen LogP contribution in [0.1, 0.15) is 6.92 Å². The van der Waals surface area contributed by atoms with Gasteiger partial charge in [0.2, 0.25) is 5.82 Å². The first-order valence-electron chi connectivity index (χ1n) is 7.83. The smallest absolute Gasteiger partial charge is 0.265 e. The summed E-state index contributed by atoms with van der Waals surface area (Å²) in [5, 5.41) is 4.64. The van der Waals surface area contributed by atoms with E-state index >= 15 is 0 Å². The second-order valence-electron chi connectivity index (χ2n) is 5.54. The van der Waals surface area contributed by atoms with Crippen LogP contribution in [0.5, 0.6) is 5.75 Å². The second kappa shape index (κ2) is 6.22. The molecular weight excluding hydrogens is 342 g/mol. The summed E-state index contributed by atoms with van der Waals surface area (Å²) in [6.45, 7) is 2.55. The molecule has 4 rings (SSSR count). The van der Waals surface area contributed by atoms with Gasteiger partial charge in [-0.1, -0.05) is 22.8 Å². The number of amides is 1. The van der Waals surface area contributed by atoms with E-state index in [2.05, 4.69) is 10.1 Å². The molecule has 126 valence electrons. The van der Waals surface area contributed by atoms with Crippen molar-refractivity contribution in [3.8, 4) is 28.6 Å². The minimum absolute atomic E-state index is 0.0569. The van der Waals surface area contributed by atoms with Gasteiger partial charge in [-0.3, -0.25) is 4.79 Å². The van der Waals surface area contributed by atoms with Crippen molar-refractivity contribution in [1.82, 2.24) is 10.1 Å². The predicted octanol–water partition coefficient (Wildman–Crippen LogP) is 3.80. The first kappa shape index (κ1) is 15.7. The molecule has 1 aliphatic rings. The Morgan fingerprint density at radius 1 is 1.20 bits per heavy atom. The summed E-state index contributed by atoms with van der Waals surface area (Å²) in [6, 6.07) is 12.7. The normalized spacial score (nSPS) is 13.5. The number of likely N-dealkylation sites (N-methyl/N-ethyl adjacent to an activating group) is 1. The van der Waals surface area contributed by atoms with Crippen LogP contribution in [-0.2, 0) is 4.79 Å². The standard InChI is InChI=1S/C18H14ClN3O3/c1-2-22-14-9-11(6-7-15(14)24-10-16(22)23)17-20-18(25-21-17)12-4-3-5-13(19)8-12/h3-9H,2,10H2,1H3. The van der Waals surface area contributed by atoms with Crippen molar-refractivity contribution in [2.45, 2.75) is 6.92 Å². The van der Waals surface area contributed by atoms with Crippen LogP contribution in [0.25, 0.3) is 22.8 Å². The number of nitrogens with zero attached hydrogens (tertiary/aromatic N) is 3. The molecule has 1 aliphatic heterocycles. The fourth-order valence-corrected chi connectivity index (χ4v) is 2.96. The molecule has 0 unspecified atom stereocenters. The van der Waals surface area contributed by atoms with Crippen LogP contribution >= 0.6 is 11.6 Å². The zero-order valence-corrected chi connectivity index (χ0v) is 14.2. The molecule has 2 heterocycles. The number of fused-ring (bicyclic) bond motifs is 1. The van der Waals surface area contributed by atoms with E-state index < -0.39 is 0 Å². The molecule has 0 bridgehead atoms. The maximum absolute atomic E-state index is 12.0. The number of aromatic nitrogens is 2. The summed E-state index contributed by atoms with van der Waals surface area (Å²) in [5.74, 6) is 1.42. The Bertz CT molecular complexity index is 954. The Kier molecular flexibility index (Phi) is 3.89. The zero-order chi connectivity index (χ0) is 17.4. The number of hydrogen-bond donors (Lipinski definition) is 0. The fraction of sp³-hybridized carbons (Fsp3) is 0.167. The summed E-state index contributed by atoms with van der Waals surface area (Å²) in [5.41, 5.74) is 2.20. The highest BCUT2D eigenvalue weighted by atomic mass is 35.5. The molecule has 0 aliphatic carbocycles. The number of halogens is 1. The average molecular weight is 356 g/mol. The molecule has 1 aromatic heterocycles. The summed E-state index contributed by atoms with van der Waals surface area (Å²) >= 11 is 6.00. The van der Waals surface area contributed by atoms with Gasteiger partial charge >= 0.3 is 0 Å². The molecule has 6 nitrogen and oxygen atoms in total. The number of ether oxygens (including phenoxy) is 1. The lowest BCUT2D eigenvalue weighted by molar-refractivity contribution is -0.121. The molecule has 0 saturated heterocycles. The highest BCUT2D eigenvalue weighted by Crippen LogP contribution is 2.35. The predicted molar refractivity (Wildman–Crippen MR) is 93.7 cm³/mol. The summed E-state index contributed by atoms with van der Waals surface area (Å²) in [7, 11) is 0. The van der Waals surface area contributed by atoms with Crippen molar-refractivity contribution in [2.24, 2.45) is 0 Å². The maximum atomic E-state index is 12.0. The van der Waals surface area contributed by atoms with E-state index in [9.17, 15) is 4.79 Å². The van der Waals surface area contributed by atoms with Crippen molar-refractivity contribution in [1.29, 1.82) is 0 Å². The highest BCUT2D eigenvalue weighted by molar-refractivity contribution is 6.30. The molecule has 0 fully saturated rings. The number of carbonyl (C=O) groups excluding carboxylic acids is 1. The average Bonchev–Trinajstić information content (AvgIpc) is 3.11. The first-order chi connectivity index (χ1) is 12.2. The van der Waals surface area contributed by atoms with Gasteiger partial charge in [0.15, 0.2) is 6.61 Å². The van der Waals surface area contributed by atoms with E-state index in [1.807, 2.05) is 37.3 Å². The Morgan fingerprint density at radius 2 is 2.08 bits per heavy atom. The topological polar surface area (TPSA) is 68.5 Å². The van der Waals surface area contributed by atoms with Crippen molar-refractivity contribution >= 4 is 23.2 Å². The maximum Gasteiger partial charge on any atom is 0.265 e. The lowest BCUT2D eigenvalue weighted by Crippen LogP contribution is -2.38. The molecule has 0 N–H and O–H groups in total. The number of hydrogen-bond acceptors (Lipinski definition) is 5. The summed E-state index contributed by atoms with van der Waals surface area (Å²) < 4.78 is 10.8. The van der Waals surface area contributed by atoms with E-state index in [0.29, 0.717) is 34.7 Å². The van der Waals surface area contributed by atoms with E-state index in [-0.39, 0.29) is 12.5 Å². The van der Waals surface area contributed by atoms with Gasteiger partial charge in [-0.2, -0.15) is 4.98 Å². The first-order valence-corrected chi connectivity index (χ1v) is 8.20. The van der Waals surface area contributed by atoms with Crippen LogP contribution in [0, 0.1) is 0 Å². The van der Waals surface area contributed by atoms with Crippen LogP contribution in [0.3, 0.4) is 0 Å². The molecule has 0 radical (unpaired) electrons. The van der Waals surface area contributed by atoms with Crippen molar-refractivity contribution in [2.75, 3.05) is 18.1 Å². The molecule has 3 aromatic rings. The van der Waals surface area contributed by atoms with Gasteiger partial charge < -0.3 is 14.2 Å². The lowest BCUT2D eigenvalue weighted by atomic mass is 10.1. The molecule has 0 saturated carbocycles. The van der Waals surface area contributed by atoms with Crippen LogP contribution in [-0.4, -0.2) is 29.2 Å². The number of rotatable bonds is 3. The van der Waals surface area contributed by atoms with Crippen LogP contribution in [0.15, 0.2) is 47.0 Å². The Labute approximate surface area is 149 Å². The van der Waals surface area contributed by atoms with Crippen LogP contribution in [0.4, 0.5) is 5.69 Å². The van der Waals surface area contributed by atoms with Crippen molar-refractivity contribution in [3.63, 3.8) is 0 Å². The van der Waals surface area contributed by atoms with Gasteiger partial charge in [0.1, 0.15) is 5.75 Å². The Hall–Kier alpha value is -2.86. The SMILES string of the molecule is CCN1C(=O)COc2ccc(-c3noc(-c4cccc(Cl)c4)n3)cc21. The molecule has 0 atom stereocenters. The number of carbonyl (C=O) groups is 1. The Morgan fingerprint density at radius 3 is 2.88 bits per heavy atom. The largest absolute Gasteiger partial charge is 0.482 e. The zero-order valence-electron chi connectivity index (χ0n) is 13.4. The molecule has 1 amide bonds. The van der Waals surface area contributed by atoms with Gasteiger partial charge in [0.25, 0.3) is 11.8 Å². The van der Waals surface area contributed by atoms with E-state index in [1.165, 1.54) is 0 Å². The monoisotopic (exact) mass is 355 g/mol. The lowest BCUT2D eigenvalue weighted by Gasteiger charge is -2.28. The minimum atomic E-state index is -0.0696. The summed E-state index contributed by atoms with van der Waals surface area (Å²) in [6.07, 6.45) is 0. The second-order valence-corrected chi connectivity index (χ2v) is 5.98. The molecule has 25 heavy (non-hydrogen) atoms. The third-order valence-corrected chi connectivity index (χ3v) is 4.21. The van der Waals surface area contributed by atoms with Gasteiger partial charge in [-0.25, -0.2) is 0 Å². The number of benzene rings is 2. The fourth-order valence-electron chi connectivity index (χ4n) is 2.77. The molecular formula is C18H14ClN3O3. The third kappa shape index (κ3) is 2.85. The third-order valence-electron chi connectivity index (χ3n) is 3.97. The van der Waals surface area contributed by atoms with Crippen LogP contribution < -0.4 is 9.64 Å². The molecule has 7 heteroatoms. The molecule has 2 aromatic carbocycles. The summed E-state index contributed by atoms with van der Waals surface area (Å²) in [4.78, 5) is 18.1. The van der Waals surface area contributed by atoms with Gasteiger partial charge in [0, 0.05) is 22.7 Å². The number of anilines is 1.